The van der Waals surface area contributed by atoms with Gasteiger partial charge >= 0.3 is 0 Å². The standard InChI is InChI=1S/C62H39N7/c1-3-16-40(17-4-1)60-64-61(41-18-5-2-6-19-41)66-62(65-60)50-32-29-42(43-20-15-35-63-39-43)36-59(50)69-57-33-30-44(67-53-25-11-7-21-46(53)47-22-8-12-26-54(47)67)37-51(57)52-38-45(31-34-58(52)69)68-55-27-13-9-23-48(55)49-24-10-14-28-56(49)68/h1-39H. The van der Waals surface area contributed by atoms with Crippen LogP contribution in [-0.2, 0) is 0 Å². The van der Waals surface area contributed by atoms with E-state index < -0.39 is 0 Å². The predicted octanol–water partition coefficient (Wildman–Crippen LogP) is 15.2. The zero-order valence-electron chi connectivity index (χ0n) is 37.1. The Morgan fingerprint density at radius 3 is 1.16 bits per heavy atom. The number of rotatable bonds is 7. The van der Waals surface area contributed by atoms with E-state index in [1.807, 2.05) is 54.9 Å². The van der Waals surface area contributed by atoms with Crippen molar-refractivity contribution in [3.05, 3.63) is 237 Å². The summed E-state index contributed by atoms with van der Waals surface area (Å²) in [7, 11) is 0. The predicted molar refractivity (Wildman–Crippen MR) is 282 cm³/mol. The first kappa shape index (κ1) is 38.8. The molecule has 7 heteroatoms. The highest BCUT2D eigenvalue weighted by molar-refractivity contribution is 6.14. The van der Waals surface area contributed by atoms with Crippen LogP contribution in [0.15, 0.2) is 237 Å². The normalized spacial score (nSPS) is 11.8. The summed E-state index contributed by atoms with van der Waals surface area (Å²) in [5, 5.41) is 7.14. The molecular formula is C62H39N7. The monoisotopic (exact) mass is 881 g/mol. The third-order valence-corrected chi connectivity index (χ3v) is 13.6. The average molecular weight is 882 g/mol. The Bertz CT molecular complexity index is 3970. The first-order chi connectivity index (χ1) is 34.2. The Kier molecular flexibility index (Phi) is 8.75. The van der Waals surface area contributed by atoms with E-state index in [1.165, 1.54) is 21.5 Å². The quantitative estimate of drug-likeness (QED) is 0.160. The second-order valence-corrected chi connectivity index (χ2v) is 17.5. The lowest BCUT2D eigenvalue weighted by molar-refractivity contribution is 1.06. The summed E-state index contributed by atoms with van der Waals surface area (Å²) in [5.74, 6) is 1.79. The van der Waals surface area contributed by atoms with Gasteiger partial charge in [-0.25, -0.2) is 15.0 Å². The molecule has 0 saturated carbocycles. The van der Waals surface area contributed by atoms with Crippen molar-refractivity contribution in [2.24, 2.45) is 0 Å². The second-order valence-electron chi connectivity index (χ2n) is 17.5. The van der Waals surface area contributed by atoms with Crippen molar-refractivity contribution in [1.82, 2.24) is 33.6 Å². The zero-order valence-corrected chi connectivity index (χ0v) is 37.1. The van der Waals surface area contributed by atoms with Gasteiger partial charge in [0.15, 0.2) is 17.5 Å². The van der Waals surface area contributed by atoms with E-state index in [0.29, 0.717) is 17.5 Å². The van der Waals surface area contributed by atoms with Crippen LogP contribution < -0.4 is 0 Å². The SMILES string of the molecule is c1ccc(-c2nc(-c3ccccc3)nc(-c3ccc(-c4cccnc4)cc3-n3c4ccc(-n5c6ccccc6c6ccccc65)cc4c4cc(-n5c6ccccc6c6ccccc65)ccc43)n2)cc1. The van der Waals surface area contributed by atoms with Crippen LogP contribution in [0.1, 0.15) is 0 Å². The zero-order chi connectivity index (χ0) is 45.4. The van der Waals surface area contributed by atoms with Crippen LogP contribution in [0.25, 0.3) is 128 Å². The van der Waals surface area contributed by atoms with E-state index in [-0.39, 0.29) is 0 Å². The third kappa shape index (κ3) is 6.21. The number of benzene rings is 9. The second kappa shape index (κ2) is 15.6. The average Bonchev–Trinajstić information content (AvgIpc) is 4.06. The van der Waals surface area contributed by atoms with Crippen LogP contribution in [-0.4, -0.2) is 33.6 Å². The van der Waals surface area contributed by atoms with Gasteiger partial charge in [0, 0.05) is 78.3 Å². The minimum Gasteiger partial charge on any atom is -0.309 e. The topological polar surface area (TPSA) is 66.3 Å². The van der Waals surface area contributed by atoms with Crippen LogP contribution in [0.4, 0.5) is 0 Å². The van der Waals surface area contributed by atoms with Gasteiger partial charge in [0.1, 0.15) is 0 Å². The molecule has 0 bridgehead atoms. The molecule has 0 aliphatic carbocycles. The van der Waals surface area contributed by atoms with Gasteiger partial charge in [0.25, 0.3) is 0 Å². The summed E-state index contributed by atoms with van der Waals surface area (Å²) in [6.07, 6.45) is 3.74. The van der Waals surface area contributed by atoms with Crippen molar-refractivity contribution < 1.29 is 0 Å². The van der Waals surface area contributed by atoms with Crippen molar-refractivity contribution in [3.63, 3.8) is 0 Å². The number of fused-ring (bicyclic) bond motifs is 9. The Balaban J connectivity index is 1.09. The Morgan fingerprint density at radius 1 is 0.275 bits per heavy atom. The van der Waals surface area contributed by atoms with Crippen molar-refractivity contribution in [1.29, 1.82) is 0 Å². The largest absolute Gasteiger partial charge is 0.309 e. The lowest BCUT2D eigenvalue weighted by Gasteiger charge is -2.17. The molecule has 0 fully saturated rings. The molecular weight excluding hydrogens is 843 g/mol. The molecule has 5 heterocycles. The number of aromatic nitrogens is 7. The van der Waals surface area contributed by atoms with E-state index in [1.54, 1.807) is 0 Å². The molecule has 0 unspecified atom stereocenters. The summed E-state index contributed by atoms with van der Waals surface area (Å²) in [4.78, 5) is 20.2. The summed E-state index contributed by atoms with van der Waals surface area (Å²) < 4.78 is 7.21. The van der Waals surface area contributed by atoms with Gasteiger partial charge in [-0.2, -0.15) is 0 Å². The van der Waals surface area contributed by atoms with Crippen molar-refractivity contribution in [3.8, 4) is 62.4 Å². The molecule has 9 aromatic carbocycles. The number of nitrogens with zero attached hydrogens (tertiary/aromatic N) is 7. The van der Waals surface area contributed by atoms with Crippen molar-refractivity contribution in [2.45, 2.75) is 0 Å². The number of para-hydroxylation sites is 4. The Labute approximate surface area is 396 Å². The lowest BCUT2D eigenvalue weighted by atomic mass is 10.0. The number of pyridine rings is 1. The Morgan fingerprint density at radius 2 is 0.696 bits per heavy atom. The molecule has 0 atom stereocenters. The number of hydrogen-bond donors (Lipinski definition) is 0. The van der Waals surface area contributed by atoms with E-state index in [9.17, 15) is 0 Å². The molecule has 0 radical (unpaired) electrons. The molecule has 0 aliphatic rings. The van der Waals surface area contributed by atoms with E-state index in [2.05, 4.69) is 201 Å². The fraction of sp³-hybridized carbons (Fsp3) is 0. The van der Waals surface area contributed by atoms with E-state index in [4.69, 9.17) is 15.0 Å². The molecule has 0 aliphatic heterocycles. The minimum absolute atomic E-state index is 0.578. The molecule has 69 heavy (non-hydrogen) atoms. The summed E-state index contributed by atoms with van der Waals surface area (Å²) in [6.45, 7) is 0. The molecule has 0 amide bonds. The van der Waals surface area contributed by atoms with E-state index >= 15 is 0 Å². The highest BCUT2D eigenvalue weighted by Crippen LogP contribution is 2.42. The fourth-order valence-electron chi connectivity index (χ4n) is 10.5. The molecule has 5 aromatic heterocycles. The molecule has 0 spiro atoms. The minimum atomic E-state index is 0.578. The Hall–Kier alpha value is -9.46. The highest BCUT2D eigenvalue weighted by Gasteiger charge is 2.23. The first-order valence-corrected chi connectivity index (χ1v) is 23.2. The molecule has 14 aromatic rings. The summed E-state index contributed by atoms with van der Waals surface area (Å²) in [5.41, 5.74) is 14.6. The van der Waals surface area contributed by atoms with Crippen LogP contribution in [0.2, 0.25) is 0 Å². The fourth-order valence-corrected chi connectivity index (χ4v) is 10.5. The molecule has 0 N–H and O–H groups in total. The molecule has 322 valence electrons. The summed E-state index contributed by atoms with van der Waals surface area (Å²) >= 11 is 0. The van der Waals surface area contributed by atoms with Crippen LogP contribution in [0.3, 0.4) is 0 Å². The molecule has 14 rings (SSSR count). The van der Waals surface area contributed by atoms with E-state index in [0.717, 1.165) is 88.8 Å². The van der Waals surface area contributed by atoms with Crippen LogP contribution in [0.5, 0.6) is 0 Å². The maximum atomic E-state index is 5.29. The lowest BCUT2D eigenvalue weighted by Crippen LogP contribution is -2.04. The highest BCUT2D eigenvalue weighted by atomic mass is 15.1. The van der Waals surface area contributed by atoms with Gasteiger partial charge in [0.2, 0.25) is 0 Å². The molecule has 7 nitrogen and oxygen atoms in total. The van der Waals surface area contributed by atoms with Gasteiger partial charge in [-0.05, 0) is 84.4 Å². The third-order valence-electron chi connectivity index (χ3n) is 13.6. The van der Waals surface area contributed by atoms with Crippen LogP contribution in [0, 0.1) is 0 Å². The van der Waals surface area contributed by atoms with Gasteiger partial charge < -0.3 is 13.7 Å². The van der Waals surface area contributed by atoms with Gasteiger partial charge in [0.05, 0.1) is 38.8 Å². The van der Waals surface area contributed by atoms with Crippen molar-refractivity contribution in [2.75, 3.05) is 0 Å². The smallest absolute Gasteiger partial charge is 0.166 e. The maximum Gasteiger partial charge on any atom is 0.166 e. The molecule has 0 saturated heterocycles. The van der Waals surface area contributed by atoms with Gasteiger partial charge in [-0.15, -0.1) is 0 Å². The summed E-state index contributed by atoms with van der Waals surface area (Å²) in [6, 6.07) is 79.6. The van der Waals surface area contributed by atoms with Crippen LogP contribution >= 0.6 is 0 Å². The number of hydrogen-bond acceptors (Lipinski definition) is 4. The van der Waals surface area contributed by atoms with Crippen molar-refractivity contribution >= 4 is 65.4 Å². The maximum absolute atomic E-state index is 5.29. The first-order valence-electron chi connectivity index (χ1n) is 23.2. The van der Waals surface area contributed by atoms with Gasteiger partial charge in [-0.3, -0.25) is 4.98 Å². The van der Waals surface area contributed by atoms with Gasteiger partial charge in [-0.1, -0.05) is 146 Å².